The van der Waals surface area contributed by atoms with Crippen LogP contribution in [0, 0.1) is 36.8 Å². The minimum atomic E-state index is -0.641. The molecule has 1 saturated heterocycles. The number of carbonyl (C=O) groups excluding carboxylic acids is 1. The van der Waals surface area contributed by atoms with E-state index in [1.807, 2.05) is 6.07 Å². The Hall–Kier alpha value is -4.40. The van der Waals surface area contributed by atoms with Gasteiger partial charge < -0.3 is 9.64 Å². The van der Waals surface area contributed by atoms with Crippen molar-refractivity contribution in [3.63, 3.8) is 0 Å². The number of hydrogen-bond donors (Lipinski definition) is 0. The van der Waals surface area contributed by atoms with Gasteiger partial charge in [0.2, 0.25) is 0 Å². The SMILES string of the molecule is Cc1nc(C#N)c(C)n1-c1cc(OC2CN(C(=O)N3N=CCC3c3cncc(F)c3)C2)c(F)cn1. The number of urea groups is 1. The smallest absolute Gasteiger partial charge is 0.341 e. The Bertz CT molecular complexity index is 1380. The monoisotopic (exact) mass is 478 g/mol. The number of halogens is 2. The van der Waals surface area contributed by atoms with Crippen LogP contribution in [-0.4, -0.2) is 60.9 Å². The molecule has 10 nitrogen and oxygen atoms in total. The Labute approximate surface area is 199 Å². The highest BCUT2D eigenvalue weighted by molar-refractivity contribution is 5.79. The highest BCUT2D eigenvalue weighted by atomic mass is 19.1. The Morgan fingerprint density at radius 3 is 2.71 bits per heavy atom. The summed E-state index contributed by atoms with van der Waals surface area (Å²) in [5, 5.41) is 14.7. The lowest BCUT2D eigenvalue weighted by molar-refractivity contribution is 0.0256. The van der Waals surface area contributed by atoms with Crippen molar-refractivity contribution >= 4 is 12.2 Å². The first-order chi connectivity index (χ1) is 16.9. The fourth-order valence-corrected chi connectivity index (χ4v) is 4.19. The highest BCUT2D eigenvalue weighted by Gasteiger charge is 2.39. The van der Waals surface area contributed by atoms with Gasteiger partial charge in [-0.25, -0.2) is 28.6 Å². The molecule has 12 heteroatoms. The van der Waals surface area contributed by atoms with Crippen LogP contribution in [0.5, 0.6) is 5.75 Å². The van der Waals surface area contributed by atoms with Crippen LogP contribution >= 0.6 is 0 Å². The molecule has 0 N–H and O–H groups in total. The number of carbonyl (C=O) groups is 1. The standard InChI is InChI=1S/C23H20F2N8O2/c1-13-19(7-26)30-14(2)32(13)22-6-21(18(25)10-28-22)35-17-11-31(12-17)23(34)33-20(3-4-29-33)15-5-16(24)9-27-8-15/h4-6,8-10,17,20H,3,11-12H2,1-2H3. The van der Waals surface area contributed by atoms with Crippen molar-refractivity contribution in [2.75, 3.05) is 13.1 Å². The fourth-order valence-electron chi connectivity index (χ4n) is 4.19. The molecule has 5 heterocycles. The molecule has 0 aromatic carbocycles. The van der Waals surface area contributed by atoms with Gasteiger partial charge >= 0.3 is 6.03 Å². The van der Waals surface area contributed by atoms with Crippen molar-refractivity contribution < 1.29 is 18.3 Å². The van der Waals surface area contributed by atoms with Crippen molar-refractivity contribution in [3.8, 4) is 17.6 Å². The van der Waals surface area contributed by atoms with Gasteiger partial charge in [-0.2, -0.15) is 10.4 Å². The van der Waals surface area contributed by atoms with Crippen LogP contribution < -0.4 is 4.74 Å². The Kier molecular flexibility index (Phi) is 5.60. The van der Waals surface area contributed by atoms with Crippen LogP contribution in [0.3, 0.4) is 0 Å². The number of aryl methyl sites for hydroxylation is 1. The number of nitriles is 1. The molecule has 2 aliphatic rings. The molecule has 178 valence electrons. The zero-order valence-electron chi connectivity index (χ0n) is 18.9. The van der Waals surface area contributed by atoms with Crippen molar-refractivity contribution in [1.29, 1.82) is 5.26 Å². The fraction of sp³-hybridized carbons (Fsp3) is 0.304. The Morgan fingerprint density at radius 1 is 1.20 bits per heavy atom. The summed E-state index contributed by atoms with van der Waals surface area (Å²) in [6.45, 7) is 3.92. The Balaban J connectivity index is 1.26. The van der Waals surface area contributed by atoms with E-state index in [9.17, 15) is 18.8 Å². The molecule has 35 heavy (non-hydrogen) atoms. The maximum atomic E-state index is 14.4. The topological polar surface area (TPSA) is 113 Å². The molecule has 0 bridgehead atoms. The van der Waals surface area contributed by atoms with Gasteiger partial charge in [0.05, 0.1) is 37.2 Å². The Morgan fingerprint density at radius 2 is 2.00 bits per heavy atom. The summed E-state index contributed by atoms with van der Waals surface area (Å²) in [4.78, 5) is 26.6. The third-order valence-corrected chi connectivity index (χ3v) is 5.97. The van der Waals surface area contributed by atoms with Gasteiger partial charge in [-0.1, -0.05) is 0 Å². The summed E-state index contributed by atoms with van der Waals surface area (Å²) in [5.74, 6) is -0.226. The molecule has 0 radical (unpaired) electrons. The molecule has 3 aromatic rings. The molecule has 3 aromatic heterocycles. The maximum absolute atomic E-state index is 14.4. The molecular formula is C23H20F2N8O2. The zero-order valence-corrected chi connectivity index (χ0v) is 18.9. The number of pyridine rings is 2. The molecule has 2 amide bonds. The second-order valence-electron chi connectivity index (χ2n) is 8.27. The number of hydrazone groups is 1. The molecule has 1 unspecified atom stereocenters. The van der Waals surface area contributed by atoms with Gasteiger partial charge in [-0.15, -0.1) is 0 Å². The van der Waals surface area contributed by atoms with Crippen LogP contribution in [-0.2, 0) is 0 Å². The number of likely N-dealkylation sites (tertiary alicyclic amines) is 1. The van der Waals surface area contributed by atoms with Gasteiger partial charge in [-0.05, 0) is 25.5 Å². The first-order valence-corrected chi connectivity index (χ1v) is 10.9. The molecule has 1 atom stereocenters. The first kappa shape index (κ1) is 22.4. The van der Waals surface area contributed by atoms with Crippen molar-refractivity contribution in [1.82, 2.24) is 29.4 Å². The quantitative estimate of drug-likeness (QED) is 0.570. The van der Waals surface area contributed by atoms with Gasteiger partial charge in [0.1, 0.15) is 29.6 Å². The molecule has 5 rings (SSSR count). The predicted molar refractivity (Wildman–Crippen MR) is 119 cm³/mol. The van der Waals surface area contributed by atoms with Gasteiger partial charge in [-0.3, -0.25) is 9.55 Å². The zero-order chi connectivity index (χ0) is 24.7. The highest BCUT2D eigenvalue weighted by Crippen LogP contribution is 2.31. The minimum absolute atomic E-state index is 0.0130. The van der Waals surface area contributed by atoms with E-state index in [0.717, 1.165) is 12.4 Å². The molecule has 0 spiro atoms. The van der Waals surface area contributed by atoms with Gasteiger partial charge in [0.25, 0.3) is 0 Å². The van der Waals surface area contributed by atoms with E-state index in [1.165, 1.54) is 28.2 Å². The normalized spacial score (nSPS) is 17.4. The lowest BCUT2D eigenvalue weighted by Gasteiger charge is -2.41. The third-order valence-electron chi connectivity index (χ3n) is 5.97. The predicted octanol–water partition coefficient (Wildman–Crippen LogP) is 3.04. The van der Waals surface area contributed by atoms with Gasteiger partial charge in [0, 0.05) is 24.9 Å². The molecular weight excluding hydrogens is 458 g/mol. The summed E-state index contributed by atoms with van der Waals surface area (Å²) in [6.07, 6.45) is 5.29. The minimum Gasteiger partial charge on any atom is -0.483 e. The molecule has 2 aliphatic heterocycles. The lowest BCUT2D eigenvalue weighted by atomic mass is 10.1. The summed E-state index contributed by atoms with van der Waals surface area (Å²) in [6, 6.07) is 4.01. The van der Waals surface area contributed by atoms with E-state index < -0.39 is 23.8 Å². The van der Waals surface area contributed by atoms with E-state index in [-0.39, 0.29) is 30.6 Å². The van der Waals surface area contributed by atoms with E-state index in [0.29, 0.717) is 29.3 Å². The number of nitrogens with zero attached hydrogens (tertiary/aromatic N) is 8. The van der Waals surface area contributed by atoms with Crippen LogP contribution in [0.1, 0.15) is 35.2 Å². The van der Waals surface area contributed by atoms with Crippen LogP contribution in [0.2, 0.25) is 0 Å². The van der Waals surface area contributed by atoms with Crippen LogP contribution in [0.4, 0.5) is 13.6 Å². The number of imidazole rings is 1. The summed E-state index contributed by atoms with van der Waals surface area (Å²) >= 11 is 0. The van der Waals surface area contributed by atoms with E-state index in [4.69, 9.17) is 4.74 Å². The largest absolute Gasteiger partial charge is 0.483 e. The third kappa shape index (κ3) is 4.05. The second-order valence-corrected chi connectivity index (χ2v) is 8.27. The molecule has 0 aliphatic carbocycles. The summed E-state index contributed by atoms with van der Waals surface area (Å²) < 4.78 is 35.5. The average Bonchev–Trinajstić information content (AvgIpc) is 3.41. The summed E-state index contributed by atoms with van der Waals surface area (Å²) in [7, 11) is 0. The summed E-state index contributed by atoms with van der Waals surface area (Å²) in [5.41, 5.74) is 1.41. The molecule has 1 fully saturated rings. The first-order valence-electron chi connectivity index (χ1n) is 10.9. The lowest BCUT2D eigenvalue weighted by Crippen LogP contribution is -2.58. The van der Waals surface area contributed by atoms with E-state index in [2.05, 4.69) is 20.1 Å². The number of aromatic nitrogens is 4. The van der Waals surface area contributed by atoms with Crippen LogP contribution in [0.25, 0.3) is 5.82 Å². The number of hydrogen-bond acceptors (Lipinski definition) is 7. The maximum Gasteiger partial charge on any atom is 0.341 e. The number of ether oxygens (including phenoxy) is 1. The van der Waals surface area contributed by atoms with Crippen LogP contribution in [0.15, 0.2) is 35.8 Å². The van der Waals surface area contributed by atoms with Crippen molar-refractivity contribution in [3.05, 3.63) is 65.1 Å². The van der Waals surface area contributed by atoms with E-state index >= 15 is 0 Å². The molecule has 0 saturated carbocycles. The number of amides is 2. The average molecular weight is 478 g/mol. The number of rotatable bonds is 4. The van der Waals surface area contributed by atoms with Crippen molar-refractivity contribution in [2.45, 2.75) is 32.4 Å². The van der Waals surface area contributed by atoms with Crippen molar-refractivity contribution in [2.24, 2.45) is 5.10 Å². The van der Waals surface area contributed by atoms with Gasteiger partial charge in [0.15, 0.2) is 17.3 Å². The second kappa shape index (κ2) is 8.75. The van der Waals surface area contributed by atoms with E-state index in [1.54, 1.807) is 24.6 Å².